The fourth-order valence-electron chi connectivity index (χ4n) is 3.76. The maximum Gasteiger partial charge on any atom is 0.224 e. The number of aromatic nitrogens is 2. The molecule has 1 heterocycles. The molecular weight excluding hydrogens is 370 g/mol. The Labute approximate surface area is 170 Å². The highest BCUT2D eigenvalue weighted by Crippen LogP contribution is 2.29. The second kappa shape index (κ2) is 8.89. The molecule has 0 saturated heterocycles. The summed E-state index contributed by atoms with van der Waals surface area (Å²) in [6.07, 6.45) is 5.56. The highest BCUT2D eigenvalue weighted by molar-refractivity contribution is 6.13. The van der Waals surface area contributed by atoms with Gasteiger partial charge in [-0.05, 0) is 50.7 Å². The summed E-state index contributed by atoms with van der Waals surface area (Å²) in [5, 5.41) is 3.28. The standard InChI is InChI=1S/C21H27N5O3/c1-12-3-8-17(29-2)15(9-12)19(28)16-11-24-21(26-20(16)23)25-14-6-4-13(5-7-14)10-18(22)27/h3,8-9,11,13-14H,4-7,10H2,1-2H3,(H2,22,27)(H3,23,24,25,26). The summed E-state index contributed by atoms with van der Waals surface area (Å²) in [6.45, 7) is 1.90. The molecule has 2 aromatic rings. The van der Waals surface area contributed by atoms with E-state index in [0.717, 1.165) is 31.2 Å². The molecule has 1 aliphatic rings. The molecule has 0 radical (unpaired) electrons. The molecule has 0 unspecified atom stereocenters. The number of carbonyl (C=O) groups is 2. The van der Waals surface area contributed by atoms with Gasteiger partial charge in [0.05, 0.1) is 18.2 Å². The van der Waals surface area contributed by atoms with Crippen molar-refractivity contribution in [1.29, 1.82) is 0 Å². The number of amides is 1. The summed E-state index contributed by atoms with van der Waals surface area (Å²) >= 11 is 0. The Morgan fingerprint density at radius 1 is 1.21 bits per heavy atom. The first kappa shape index (κ1) is 20.6. The zero-order valence-electron chi connectivity index (χ0n) is 16.8. The predicted molar refractivity (Wildman–Crippen MR) is 111 cm³/mol. The lowest BCUT2D eigenvalue weighted by atomic mass is 9.84. The number of hydrogen-bond donors (Lipinski definition) is 3. The number of nitrogen functional groups attached to an aromatic ring is 1. The molecule has 1 aromatic heterocycles. The Hall–Kier alpha value is -3.16. The Bertz CT molecular complexity index is 907. The number of aryl methyl sites for hydroxylation is 1. The van der Waals surface area contributed by atoms with Crippen LogP contribution in [-0.4, -0.2) is 34.8 Å². The molecular formula is C21H27N5O3. The zero-order chi connectivity index (χ0) is 21.0. The van der Waals surface area contributed by atoms with Crippen molar-refractivity contribution >= 4 is 23.5 Å². The molecule has 8 heteroatoms. The number of ketones is 1. The van der Waals surface area contributed by atoms with Gasteiger partial charge in [0.25, 0.3) is 0 Å². The molecule has 0 spiro atoms. The van der Waals surface area contributed by atoms with Crippen molar-refractivity contribution in [3.8, 4) is 5.75 Å². The van der Waals surface area contributed by atoms with Gasteiger partial charge in [-0.25, -0.2) is 4.98 Å². The first-order valence-corrected chi connectivity index (χ1v) is 9.74. The van der Waals surface area contributed by atoms with E-state index >= 15 is 0 Å². The van der Waals surface area contributed by atoms with Crippen LogP contribution >= 0.6 is 0 Å². The van der Waals surface area contributed by atoms with Crippen LogP contribution in [0, 0.1) is 12.8 Å². The number of nitrogens with zero attached hydrogens (tertiary/aromatic N) is 2. The van der Waals surface area contributed by atoms with Gasteiger partial charge in [0.2, 0.25) is 17.6 Å². The molecule has 1 aliphatic carbocycles. The monoisotopic (exact) mass is 397 g/mol. The minimum Gasteiger partial charge on any atom is -0.496 e. The van der Waals surface area contributed by atoms with Crippen molar-refractivity contribution in [2.45, 2.75) is 45.1 Å². The summed E-state index contributed by atoms with van der Waals surface area (Å²) in [7, 11) is 1.52. The average Bonchev–Trinajstić information content (AvgIpc) is 2.69. The lowest BCUT2D eigenvalue weighted by Crippen LogP contribution is -2.29. The van der Waals surface area contributed by atoms with E-state index in [2.05, 4.69) is 15.3 Å². The van der Waals surface area contributed by atoms with Crippen LogP contribution in [0.3, 0.4) is 0 Å². The molecule has 5 N–H and O–H groups in total. The van der Waals surface area contributed by atoms with Gasteiger partial charge in [0.1, 0.15) is 11.6 Å². The lowest BCUT2D eigenvalue weighted by Gasteiger charge is -2.28. The maximum atomic E-state index is 12.9. The highest BCUT2D eigenvalue weighted by atomic mass is 16.5. The van der Waals surface area contributed by atoms with Crippen LogP contribution in [0.5, 0.6) is 5.75 Å². The van der Waals surface area contributed by atoms with Crippen molar-refractivity contribution in [3.05, 3.63) is 41.1 Å². The molecule has 1 fully saturated rings. The Kier molecular flexibility index (Phi) is 6.31. The second-order valence-electron chi connectivity index (χ2n) is 7.56. The van der Waals surface area contributed by atoms with E-state index in [-0.39, 0.29) is 29.1 Å². The number of primary amides is 1. The highest BCUT2D eigenvalue weighted by Gasteiger charge is 2.24. The smallest absolute Gasteiger partial charge is 0.224 e. The third-order valence-corrected chi connectivity index (χ3v) is 5.33. The first-order valence-electron chi connectivity index (χ1n) is 9.74. The Morgan fingerprint density at radius 3 is 2.55 bits per heavy atom. The van der Waals surface area contributed by atoms with Crippen LogP contribution in [-0.2, 0) is 4.79 Å². The second-order valence-corrected chi connectivity index (χ2v) is 7.56. The molecule has 0 atom stereocenters. The van der Waals surface area contributed by atoms with Crippen molar-refractivity contribution in [2.75, 3.05) is 18.2 Å². The van der Waals surface area contributed by atoms with Gasteiger partial charge < -0.3 is 21.5 Å². The van der Waals surface area contributed by atoms with E-state index in [9.17, 15) is 9.59 Å². The van der Waals surface area contributed by atoms with E-state index in [1.165, 1.54) is 13.3 Å². The van der Waals surface area contributed by atoms with Crippen LogP contribution in [0.1, 0.15) is 53.6 Å². The van der Waals surface area contributed by atoms with Crippen LogP contribution < -0.4 is 21.5 Å². The average molecular weight is 397 g/mol. The van der Waals surface area contributed by atoms with E-state index in [1.54, 1.807) is 12.1 Å². The largest absolute Gasteiger partial charge is 0.496 e. The predicted octanol–water partition coefficient (Wildman–Crippen LogP) is 2.45. The summed E-state index contributed by atoms with van der Waals surface area (Å²) in [5.41, 5.74) is 13.0. The van der Waals surface area contributed by atoms with Crippen molar-refractivity contribution in [3.63, 3.8) is 0 Å². The van der Waals surface area contributed by atoms with Gasteiger partial charge in [0.15, 0.2) is 0 Å². The first-order chi connectivity index (χ1) is 13.9. The number of benzene rings is 1. The van der Waals surface area contributed by atoms with Crippen molar-refractivity contribution < 1.29 is 14.3 Å². The van der Waals surface area contributed by atoms with Crippen LogP contribution in [0.2, 0.25) is 0 Å². The van der Waals surface area contributed by atoms with Crippen LogP contribution in [0.15, 0.2) is 24.4 Å². The van der Waals surface area contributed by atoms with E-state index in [0.29, 0.717) is 29.6 Å². The molecule has 0 bridgehead atoms. The molecule has 1 amide bonds. The summed E-state index contributed by atoms with van der Waals surface area (Å²) in [5.74, 6) is 0.826. The van der Waals surface area contributed by atoms with Gasteiger partial charge in [-0.2, -0.15) is 4.98 Å². The number of methoxy groups -OCH3 is 1. The molecule has 29 heavy (non-hydrogen) atoms. The van der Waals surface area contributed by atoms with Gasteiger partial charge in [-0.15, -0.1) is 0 Å². The molecule has 154 valence electrons. The SMILES string of the molecule is COc1ccc(C)cc1C(=O)c1cnc(NC2CCC(CC(N)=O)CC2)nc1N. The Balaban J connectivity index is 1.69. The van der Waals surface area contributed by atoms with Crippen molar-refractivity contribution in [1.82, 2.24) is 9.97 Å². The van der Waals surface area contributed by atoms with Gasteiger partial charge in [-0.1, -0.05) is 11.6 Å². The number of nitrogens with one attached hydrogen (secondary N) is 1. The number of ether oxygens (including phenoxy) is 1. The van der Waals surface area contributed by atoms with E-state index in [4.69, 9.17) is 16.2 Å². The molecule has 1 saturated carbocycles. The number of nitrogens with two attached hydrogens (primary N) is 2. The van der Waals surface area contributed by atoms with Crippen LogP contribution in [0.25, 0.3) is 0 Å². The summed E-state index contributed by atoms with van der Waals surface area (Å²) < 4.78 is 5.30. The van der Waals surface area contributed by atoms with E-state index < -0.39 is 0 Å². The van der Waals surface area contributed by atoms with E-state index in [1.807, 2.05) is 13.0 Å². The minimum absolute atomic E-state index is 0.124. The molecule has 1 aromatic carbocycles. The fraction of sp³-hybridized carbons (Fsp3) is 0.429. The quantitative estimate of drug-likeness (QED) is 0.611. The molecule has 3 rings (SSSR count). The van der Waals surface area contributed by atoms with Gasteiger partial charge in [-0.3, -0.25) is 9.59 Å². The lowest BCUT2D eigenvalue weighted by molar-refractivity contribution is -0.119. The Morgan fingerprint density at radius 2 is 1.93 bits per heavy atom. The van der Waals surface area contributed by atoms with Gasteiger partial charge >= 0.3 is 0 Å². The number of rotatable bonds is 7. The van der Waals surface area contributed by atoms with Gasteiger partial charge in [0, 0.05) is 18.7 Å². The number of hydrogen-bond acceptors (Lipinski definition) is 7. The zero-order valence-corrected chi connectivity index (χ0v) is 16.8. The summed E-state index contributed by atoms with van der Waals surface area (Å²) in [4.78, 5) is 32.6. The topological polar surface area (TPSA) is 133 Å². The maximum absolute atomic E-state index is 12.9. The minimum atomic E-state index is -0.276. The summed E-state index contributed by atoms with van der Waals surface area (Å²) in [6, 6.07) is 5.60. The molecule has 8 nitrogen and oxygen atoms in total. The number of anilines is 2. The molecule has 0 aliphatic heterocycles. The van der Waals surface area contributed by atoms with Crippen LogP contribution in [0.4, 0.5) is 11.8 Å². The van der Waals surface area contributed by atoms with Crippen molar-refractivity contribution in [2.24, 2.45) is 11.7 Å². The third kappa shape index (κ3) is 5.01. The fourth-order valence-corrected chi connectivity index (χ4v) is 3.76. The number of carbonyl (C=O) groups excluding carboxylic acids is 2. The third-order valence-electron chi connectivity index (χ3n) is 5.33. The normalized spacial score (nSPS) is 18.8.